The van der Waals surface area contributed by atoms with E-state index in [0.717, 1.165) is 89.4 Å². The number of H-pyrrole nitrogens is 2. The number of nitrogens with zero attached hydrogens (tertiary/aromatic N) is 2. The molecule has 482 valence electrons. The molecule has 8 heteroatoms. The van der Waals surface area contributed by atoms with Crippen molar-refractivity contribution in [3.05, 3.63) is 237 Å². The maximum atomic E-state index is 6.09. The number of hydrogen-bond acceptors (Lipinski definition) is 2. The first-order chi connectivity index (χ1) is 45.4. The van der Waals surface area contributed by atoms with Gasteiger partial charge in [-0.25, -0.2) is 9.97 Å². The molecule has 3 aromatic heterocycles. The molecule has 0 atom stereocenters. The fraction of sp³-hybridized carbons (Fsp3) is 0.227. The minimum absolute atomic E-state index is 0.898. The zero-order valence-electron chi connectivity index (χ0n) is 60.4. The van der Waals surface area contributed by atoms with Crippen molar-refractivity contribution in [3.8, 4) is 89.0 Å². The second kappa shape index (κ2) is 24.7. The van der Waals surface area contributed by atoms with Crippen LogP contribution in [0.4, 0.5) is 0 Å². The molecule has 0 saturated heterocycles. The van der Waals surface area contributed by atoms with Gasteiger partial charge in [0.05, 0.1) is 55.1 Å². The van der Waals surface area contributed by atoms with E-state index in [1.807, 2.05) is 0 Å². The highest BCUT2D eigenvalue weighted by atomic mass is 28.3. The normalized spacial score (nSPS) is 12.7. The minimum Gasteiger partial charge on any atom is -0.354 e. The van der Waals surface area contributed by atoms with Gasteiger partial charge in [0.25, 0.3) is 0 Å². The zero-order valence-corrected chi connectivity index (χ0v) is 64.4. The first-order valence-corrected chi connectivity index (χ1v) is 48.5. The number of aromatic amines is 2. The topological polar surface area (TPSA) is 57.4 Å². The van der Waals surface area contributed by atoms with Crippen LogP contribution in [0.25, 0.3) is 135 Å². The predicted octanol–water partition coefficient (Wildman–Crippen LogP) is 22.6. The summed E-state index contributed by atoms with van der Waals surface area (Å²) in [6.07, 6.45) is 9.17. The van der Waals surface area contributed by atoms with Crippen molar-refractivity contribution >= 4 is 99.4 Å². The average Bonchev–Trinajstić information content (AvgIpc) is 1.47. The van der Waals surface area contributed by atoms with E-state index < -0.39 is 32.3 Å². The van der Waals surface area contributed by atoms with Gasteiger partial charge in [-0.1, -0.05) is 245 Å². The van der Waals surface area contributed by atoms with Gasteiger partial charge in [0.15, 0.2) is 0 Å². The average molecular weight is 1320 g/mol. The van der Waals surface area contributed by atoms with Crippen LogP contribution in [0.2, 0.25) is 78.6 Å². The van der Waals surface area contributed by atoms with Crippen molar-refractivity contribution in [1.29, 1.82) is 0 Å². The van der Waals surface area contributed by atoms with E-state index >= 15 is 0 Å². The largest absolute Gasteiger partial charge is 0.354 e. The van der Waals surface area contributed by atoms with Crippen molar-refractivity contribution in [2.24, 2.45) is 0 Å². The molecule has 2 N–H and O–H groups in total. The van der Waals surface area contributed by atoms with Gasteiger partial charge in [0.1, 0.15) is 0 Å². The Labute approximate surface area is 575 Å². The lowest BCUT2D eigenvalue weighted by Gasteiger charge is -2.22. The first-order valence-electron chi connectivity index (χ1n) is 34.5. The molecule has 8 bridgehead atoms. The first kappa shape index (κ1) is 65.9. The van der Waals surface area contributed by atoms with Crippen LogP contribution in [0.1, 0.15) is 67.3 Å². The number of benzene rings is 8. The number of aromatic nitrogens is 4. The van der Waals surface area contributed by atoms with Crippen molar-refractivity contribution in [2.45, 2.75) is 134 Å². The minimum atomic E-state index is -1.83. The number of aryl methyl sites for hydroxylation is 8. The Hall–Kier alpha value is -8.77. The molecule has 4 nitrogen and oxygen atoms in total. The van der Waals surface area contributed by atoms with Crippen LogP contribution < -0.4 is 20.7 Å². The summed E-state index contributed by atoms with van der Waals surface area (Å²) in [6.45, 7) is 47.7. The molecule has 0 fully saturated rings. The van der Waals surface area contributed by atoms with Gasteiger partial charge in [0.2, 0.25) is 0 Å². The molecule has 2 aliphatic rings. The molecule has 2 aliphatic heterocycles. The molecule has 0 amide bonds. The lowest BCUT2D eigenvalue weighted by atomic mass is 9.89. The van der Waals surface area contributed by atoms with Gasteiger partial charge < -0.3 is 9.97 Å². The fourth-order valence-corrected chi connectivity index (χ4v) is 19.7. The predicted molar refractivity (Wildman–Crippen MR) is 432 cm³/mol. The molecular formula is C88H94N4Si4. The number of nitrogens with one attached hydrogen (secondary N) is 2. The van der Waals surface area contributed by atoms with Crippen LogP contribution in [-0.2, 0) is 0 Å². The zero-order chi connectivity index (χ0) is 68.2. The maximum Gasteiger partial charge on any atom is 0.0776 e. The smallest absolute Gasteiger partial charge is 0.0776 e. The molecule has 5 heterocycles. The Morgan fingerprint density at radius 3 is 0.583 bits per heavy atom. The molecular weight excluding hydrogens is 1230 g/mol. The second-order valence-corrected chi connectivity index (χ2v) is 51.9. The van der Waals surface area contributed by atoms with Gasteiger partial charge in [-0.3, -0.25) is 0 Å². The molecule has 0 unspecified atom stereocenters. The number of rotatable bonds is 12. The SMILES string of the molecule is Cc1cccc(C)c1-c1cc([Si](C)(C)C)ccc1-c1c2nc(c(-c3ccc([Si](C)(C)C)cc3-c3c(C)cccc3C)c3ccc([nH]3)c(-c3ccc([Si](C)(C)C)cc3-c3c(C)cccc3C)c3nc(c(-c4ccc([Si](C)(C)C)cc4-c4c(C)cccc4C)c4ccc1[nH]4)C=C3)C=C2. The van der Waals surface area contributed by atoms with Crippen LogP contribution in [0, 0.1) is 55.4 Å². The highest BCUT2D eigenvalue weighted by Crippen LogP contribution is 2.47. The molecule has 0 saturated carbocycles. The third-order valence-corrected chi connectivity index (χ3v) is 28.5. The molecule has 96 heavy (non-hydrogen) atoms. The Balaban J connectivity index is 1.28. The van der Waals surface area contributed by atoms with Gasteiger partial charge in [-0.2, -0.15) is 0 Å². The highest BCUT2D eigenvalue weighted by molar-refractivity contribution is 6.90. The Kier molecular flexibility index (Phi) is 17.0. The van der Waals surface area contributed by atoms with E-state index in [-0.39, 0.29) is 0 Å². The summed E-state index contributed by atoms with van der Waals surface area (Å²) in [5, 5.41) is 5.66. The van der Waals surface area contributed by atoms with Crippen LogP contribution in [-0.4, -0.2) is 52.2 Å². The Morgan fingerprint density at radius 2 is 0.406 bits per heavy atom. The number of fused-ring (bicyclic) bond motifs is 8. The number of hydrogen-bond donors (Lipinski definition) is 2. The summed E-state index contributed by atoms with van der Waals surface area (Å²) in [5.74, 6) is 0. The third kappa shape index (κ3) is 12.1. The summed E-state index contributed by atoms with van der Waals surface area (Å²) in [7, 11) is -7.32. The van der Waals surface area contributed by atoms with Crippen LogP contribution in [0.5, 0.6) is 0 Å². The third-order valence-electron chi connectivity index (χ3n) is 20.4. The monoisotopic (exact) mass is 1320 g/mol. The van der Waals surface area contributed by atoms with Gasteiger partial charge >= 0.3 is 0 Å². The van der Waals surface area contributed by atoms with E-state index in [1.54, 1.807) is 0 Å². The van der Waals surface area contributed by atoms with E-state index in [9.17, 15) is 0 Å². The van der Waals surface area contributed by atoms with Gasteiger partial charge in [0, 0.05) is 44.3 Å². The van der Waals surface area contributed by atoms with Crippen molar-refractivity contribution in [2.75, 3.05) is 0 Å². The summed E-state index contributed by atoms with van der Waals surface area (Å²) < 4.78 is 0. The molecule has 13 rings (SSSR count). The van der Waals surface area contributed by atoms with Crippen molar-refractivity contribution in [3.63, 3.8) is 0 Å². The van der Waals surface area contributed by atoms with Gasteiger partial charge in [-0.15, -0.1) is 0 Å². The summed E-state index contributed by atoms with van der Waals surface area (Å²) in [6, 6.07) is 65.6. The van der Waals surface area contributed by atoms with E-state index in [1.165, 1.54) is 110 Å². The lowest BCUT2D eigenvalue weighted by molar-refractivity contribution is 1.31. The lowest BCUT2D eigenvalue weighted by Crippen LogP contribution is -2.37. The summed E-state index contributed by atoms with van der Waals surface area (Å²) in [4.78, 5) is 20.7. The molecule has 0 radical (unpaired) electrons. The molecule has 0 aliphatic carbocycles. The van der Waals surface area contributed by atoms with E-state index in [0.29, 0.717) is 0 Å². The second-order valence-electron chi connectivity index (χ2n) is 31.6. The van der Waals surface area contributed by atoms with Crippen molar-refractivity contribution < 1.29 is 0 Å². The fourth-order valence-electron chi connectivity index (χ4n) is 15.0. The highest BCUT2D eigenvalue weighted by Gasteiger charge is 2.30. The van der Waals surface area contributed by atoms with Gasteiger partial charge in [-0.05, 0) is 215 Å². The Bertz CT molecular complexity index is 4530. The van der Waals surface area contributed by atoms with Crippen LogP contribution in [0.3, 0.4) is 0 Å². The van der Waals surface area contributed by atoms with E-state index in [4.69, 9.17) is 9.97 Å². The quantitative estimate of drug-likeness (QED) is 0.120. The Morgan fingerprint density at radius 1 is 0.219 bits per heavy atom. The van der Waals surface area contributed by atoms with Crippen molar-refractivity contribution in [1.82, 2.24) is 19.9 Å². The van der Waals surface area contributed by atoms with Crippen LogP contribution in [0.15, 0.2) is 170 Å². The standard InChI is InChI=1S/C88H94N4Si4/c1-53-25-21-26-54(2)81(53)69-49-61(93(9,10)11)33-37-65(69)85-73-41-43-75(89-73)86(66-38-34-62(94(12,13)14)50-70(66)82-55(3)27-22-28-56(82)4)77-45-47-79(91-77)88(68-40-36-64(96(18,19)20)52-72(68)84-59(7)31-24-32-60(84)8)80-48-46-78(92-80)87(76-44-42-74(85)90-76)67-39-35-63(95(15,16)17)51-71(67)83-57(5)29-23-30-58(83)6/h21-52,89,92H,1-20H3. The maximum absolute atomic E-state index is 6.09. The summed E-state index contributed by atoms with van der Waals surface area (Å²) >= 11 is 0. The molecule has 0 spiro atoms. The summed E-state index contributed by atoms with van der Waals surface area (Å²) in [5.41, 5.74) is 36.2. The van der Waals surface area contributed by atoms with Crippen LogP contribution >= 0.6 is 0 Å². The molecule has 11 aromatic rings. The van der Waals surface area contributed by atoms with E-state index in [2.05, 4.69) is 338 Å². The molecule has 8 aromatic carbocycles.